The Morgan fingerprint density at radius 3 is 2.26 bits per heavy atom. The Hall–Kier alpha value is -1.84. The summed E-state index contributed by atoms with van der Waals surface area (Å²) >= 11 is 0. The number of morpholine rings is 1. The summed E-state index contributed by atoms with van der Waals surface area (Å²) in [6.45, 7) is 2.60. The summed E-state index contributed by atoms with van der Waals surface area (Å²) in [5.41, 5.74) is 0. The summed E-state index contributed by atoms with van der Waals surface area (Å²) in [6.07, 6.45) is 0.365. The topological polar surface area (TPSA) is 94.5 Å². The molecular weight excluding hydrogens is 326 g/mol. The molecule has 0 spiro atoms. The minimum absolute atomic E-state index is 0. The fourth-order valence-corrected chi connectivity index (χ4v) is 2.51. The summed E-state index contributed by atoms with van der Waals surface area (Å²) < 4.78 is 10.9. The fraction of sp³-hybridized carbons (Fsp3) is 0.615. The molecule has 0 N–H and O–H groups in total. The standard InChI is InChI=1S/C13H18N5O4.ClH/c1-18(5-7-22-8-6-18)12-14-11(15-13(16-12)21-2)17-9(19)3-4-10(17)20;/h3-8H2,1-2H3;1H/q+1;/p-1. The van der Waals surface area contributed by atoms with Gasteiger partial charge in [-0.1, -0.05) is 0 Å². The number of halogens is 1. The Morgan fingerprint density at radius 2 is 1.70 bits per heavy atom. The average Bonchev–Trinajstić information content (AvgIpc) is 2.86. The van der Waals surface area contributed by atoms with Crippen molar-refractivity contribution in [3.63, 3.8) is 0 Å². The maximum Gasteiger partial charge on any atom is 0.336 e. The minimum atomic E-state index is -0.297. The molecule has 2 saturated heterocycles. The van der Waals surface area contributed by atoms with E-state index in [0.29, 0.717) is 36.7 Å². The fourth-order valence-electron chi connectivity index (χ4n) is 2.51. The Bertz CT molecular complexity index is 604. The van der Waals surface area contributed by atoms with Crippen LogP contribution in [0.4, 0.5) is 11.9 Å². The number of methoxy groups -OCH3 is 1. The number of carbonyl (C=O) groups excluding carboxylic acids is 2. The summed E-state index contributed by atoms with van der Waals surface area (Å²) in [6, 6.07) is 0.0957. The van der Waals surface area contributed by atoms with Crippen molar-refractivity contribution < 1.29 is 31.5 Å². The van der Waals surface area contributed by atoms with Crippen molar-refractivity contribution in [3.8, 4) is 6.01 Å². The molecule has 2 amide bonds. The lowest BCUT2D eigenvalue weighted by Gasteiger charge is -2.34. The quantitative estimate of drug-likeness (QED) is 0.415. The van der Waals surface area contributed by atoms with E-state index in [2.05, 4.69) is 15.0 Å². The maximum atomic E-state index is 11.9. The van der Waals surface area contributed by atoms with Gasteiger partial charge in [-0.3, -0.25) is 14.1 Å². The first-order valence-electron chi connectivity index (χ1n) is 7.12. The van der Waals surface area contributed by atoms with E-state index in [-0.39, 0.29) is 49.0 Å². The van der Waals surface area contributed by atoms with Crippen LogP contribution in [0.15, 0.2) is 0 Å². The Morgan fingerprint density at radius 1 is 1.09 bits per heavy atom. The lowest BCUT2D eigenvalue weighted by Crippen LogP contribution is -3.00. The van der Waals surface area contributed by atoms with Crippen molar-refractivity contribution in [2.75, 3.05) is 45.4 Å². The number of imide groups is 1. The highest BCUT2D eigenvalue weighted by Gasteiger charge is 2.37. The van der Waals surface area contributed by atoms with Crippen molar-refractivity contribution >= 4 is 23.7 Å². The van der Waals surface area contributed by atoms with Crippen LogP contribution in [-0.2, 0) is 14.3 Å². The normalized spacial score (nSPS) is 20.3. The van der Waals surface area contributed by atoms with Crippen molar-refractivity contribution in [3.05, 3.63) is 0 Å². The van der Waals surface area contributed by atoms with Crippen LogP contribution < -0.4 is 26.5 Å². The first-order valence-corrected chi connectivity index (χ1v) is 7.12. The van der Waals surface area contributed by atoms with Crippen LogP contribution >= 0.6 is 0 Å². The third-order valence-electron chi connectivity index (χ3n) is 3.97. The van der Waals surface area contributed by atoms with Gasteiger partial charge in [0.05, 0.1) is 27.4 Å². The monoisotopic (exact) mass is 343 g/mol. The Kier molecular flexibility index (Phi) is 5.12. The molecule has 0 aromatic carbocycles. The van der Waals surface area contributed by atoms with Gasteiger partial charge >= 0.3 is 12.0 Å². The van der Waals surface area contributed by atoms with Crippen LogP contribution in [0, 0.1) is 0 Å². The SMILES string of the molecule is COc1nc(N2C(=O)CCC2=O)nc([N+]2(C)CCOCC2)n1.[Cl-]. The molecule has 10 heteroatoms. The van der Waals surface area contributed by atoms with Gasteiger partial charge in [0.1, 0.15) is 13.1 Å². The van der Waals surface area contributed by atoms with Gasteiger partial charge in [-0.05, 0) is 0 Å². The molecule has 2 aliphatic rings. The molecule has 1 aromatic rings. The summed E-state index contributed by atoms with van der Waals surface area (Å²) in [5, 5.41) is 0. The molecule has 2 aliphatic heterocycles. The number of aromatic nitrogens is 3. The molecule has 9 nitrogen and oxygen atoms in total. The van der Waals surface area contributed by atoms with Gasteiger partial charge < -0.3 is 21.9 Å². The van der Waals surface area contributed by atoms with E-state index in [0.717, 1.165) is 4.90 Å². The Balaban J connectivity index is 0.00000192. The molecule has 0 saturated carbocycles. The third kappa shape index (κ3) is 3.26. The Labute approximate surface area is 139 Å². The van der Waals surface area contributed by atoms with Gasteiger partial charge in [0.15, 0.2) is 0 Å². The van der Waals surface area contributed by atoms with Gasteiger partial charge in [-0.15, -0.1) is 9.97 Å². The molecule has 23 heavy (non-hydrogen) atoms. The molecule has 2 fully saturated rings. The largest absolute Gasteiger partial charge is 1.00 e. The molecule has 126 valence electrons. The van der Waals surface area contributed by atoms with Crippen LogP contribution in [0.2, 0.25) is 0 Å². The van der Waals surface area contributed by atoms with Gasteiger partial charge in [0, 0.05) is 12.8 Å². The lowest BCUT2D eigenvalue weighted by molar-refractivity contribution is -0.121. The van der Waals surface area contributed by atoms with Gasteiger partial charge in [-0.2, -0.15) is 4.98 Å². The number of quaternary nitrogens is 1. The summed E-state index contributed by atoms with van der Waals surface area (Å²) in [5.74, 6) is -0.0829. The molecule has 0 radical (unpaired) electrons. The molecule has 3 heterocycles. The maximum absolute atomic E-state index is 11.9. The second-order valence-corrected chi connectivity index (χ2v) is 5.50. The molecular formula is C13H18ClN5O4. The second-order valence-electron chi connectivity index (χ2n) is 5.50. The smallest absolute Gasteiger partial charge is 0.336 e. The van der Waals surface area contributed by atoms with Crippen LogP contribution in [-0.4, -0.2) is 67.2 Å². The van der Waals surface area contributed by atoms with Crippen molar-refractivity contribution in [1.82, 2.24) is 19.4 Å². The zero-order valence-corrected chi connectivity index (χ0v) is 13.7. The van der Waals surface area contributed by atoms with Crippen LogP contribution in [0.5, 0.6) is 6.01 Å². The van der Waals surface area contributed by atoms with Gasteiger partial charge in [-0.25, -0.2) is 4.90 Å². The molecule has 0 unspecified atom stereocenters. The van der Waals surface area contributed by atoms with Crippen molar-refractivity contribution in [2.45, 2.75) is 12.8 Å². The predicted octanol–water partition coefficient (Wildman–Crippen LogP) is -3.50. The third-order valence-corrected chi connectivity index (χ3v) is 3.97. The molecule has 1 aromatic heterocycles. The van der Waals surface area contributed by atoms with Crippen LogP contribution in [0.3, 0.4) is 0 Å². The number of amides is 2. The number of hydrogen-bond donors (Lipinski definition) is 0. The highest BCUT2D eigenvalue weighted by atomic mass is 35.5. The number of anilines is 1. The predicted molar refractivity (Wildman–Crippen MR) is 76.4 cm³/mol. The zero-order chi connectivity index (χ0) is 15.7. The van der Waals surface area contributed by atoms with E-state index >= 15 is 0 Å². The number of rotatable bonds is 3. The lowest BCUT2D eigenvalue weighted by atomic mass is 10.4. The second kappa shape index (κ2) is 6.73. The highest BCUT2D eigenvalue weighted by molar-refractivity contribution is 6.18. The summed E-state index contributed by atoms with van der Waals surface area (Å²) in [4.78, 5) is 37.5. The highest BCUT2D eigenvalue weighted by Crippen LogP contribution is 2.25. The summed E-state index contributed by atoms with van der Waals surface area (Å²) in [7, 11) is 3.42. The molecule has 0 aliphatic carbocycles. The van der Waals surface area contributed by atoms with Gasteiger partial charge in [0.2, 0.25) is 17.8 Å². The minimum Gasteiger partial charge on any atom is -1.00 e. The number of carbonyl (C=O) groups is 2. The van der Waals surface area contributed by atoms with Crippen LogP contribution in [0.25, 0.3) is 0 Å². The molecule has 0 bridgehead atoms. The van der Waals surface area contributed by atoms with E-state index < -0.39 is 0 Å². The average molecular weight is 344 g/mol. The first-order chi connectivity index (χ1) is 10.5. The molecule has 3 rings (SSSR count). The van der Waals surface area contributed by atoms with E-state index in [1.807, 2.05) is 7.05 Å². The number of nitrogens with zero attached hydrogens (tertiary/aromatic N) is 5. The van der Waals surface area contributed by atoms with E-state index in [4.69, 9.17) is 9.47 Å². The van der Waals surface area contributed by atoms with Gasteiger partial charge in [0.25, 0.3) is 0 Å². The number of hydrogen-bond acceptors (Lipinski definition) is 7. The van der Waals surface area contributed by atoms with E-state index in [9.17, 15) is 9.59 Å². The van der Waals surface area contributed by atoms with E-state index in [1.165, 1.54) is 7.11 Å². The van der Waals surface area contributed by atoms with Crippen LogP contribution in [0.1, 0.15) is 12.8 Å². The number of likely N-dealkylation sites (N-methyl/N-ethyl adjacent to an activating group) is 1. The molecule has 0 atom stereocenters. The first kappa shape index (κ1) is 17.5. The number of ether oxygens (including phenoxy) is 2. The zero-order valence-electron chi connectivity index (χ0n) is 13.0. The van der Waals surface area contributed by atoms with Crippen molar-refractivity contribution in [1.29, 1.82) is 0 Å². The van der Waals surface area contributed by atoms with Crippen molar-refractivity contribution in [2.24, 2.45) is 0 Å². The van der Waals surface area contributed by atoms with E-state index in [1.54, 1.807) is 0 Å².